The Balaban J connectivity index is 2.00. The molecule has 2 rings (SSSR count). The molecule has 0 unspecified atom stereocenters. The van der Waals surface area contributed by atoms with Crippen LogP contribution in [0.15, 0.2) is 12.3 Å². The molecule has 0 amide bonds. The normalized spacial score (nSPS) is 17.2. The van der Waals surface area contributed by atoms with Crippen LogP contribution < -0.4 is 15.4 Å². The summed E-state index contributed by atoms with van der Waals surface area (Å²) in [6, 6.07) is 1.79. The van der Waals surface area contributed by atoms with Crippen LogP contribution in [0.4, 0.5) is 5.95 Å². The molecule has 1 fully saturated rings. The van der Waals surface area contributed by atoms with Crippen molar-refractivity contribution in [1.82, 2.24) is 9.97 Å². The van der Waals surface area contributed by atoms with Crippen molar-refractivity contribution in [2.45, 2.75) is 19.8 Å². The summed E-state index contributed by atoms with van der Waals surface area (Å²) >= 11 is 0. The highest BCUT2D eigenvalue weighted by Gasteiger charge is 2.20. The topological polar surface area (TPSA) is 64.3 Å². The predicted octanol–water partition coefficient (Wildman–Crippen LogP) is 1.05. The third-order valence-corrected chi connectivity index (χ3v) is 3.14. The highest BCUT2D eigenvalue weighted by Crippen LogP contribution is 2.20. The van der Waals surface area contributed by atoms with Gasteiger partial charge in [-0.05, 0) is 32.2 Å². The Labute approximate surface area is 102 Å². The lowest BCUT2D eigenvalue weighted by molar-refractivity contribution is 0.325. The largest absolute Gasteiger partial charge is 0.478 e. The number of nitrogens with two attached hydrogens (primary N) is 1. The van der Waals surface area contributed by atoms with E-state index in [9.17, 15) is 0 Å². The average molecular weight is 236 g/mol. The van der Waals surface area contributed by atoms with Crippen LogP contribution in [0, 0.1) is 5.92 Å². The molecule has 5 nitrogen and oxygen atoms in total. The van der Waals surface area contributed by atoms with Gasteiger partial charge in [0.15, 0.2) is 0 Å². The Morgan fingerprint density at radius 1 is 1.47 bits per heavy atom. The minimum atomic E-state index is 0.631. The standard InChI is InChI=1S/C12H20N4O/c1-2-17-11-3-6-14-12(15-11)16-7-4-10(9-13)5-8-16/h3,6,10H,2,4-5,7-9,13H2,1H3. The van der Waals surface area contributed by atoms with E-state index in [0.29, 0.717) is 18.4 Å². The summed E-state index contributed by atoms with van der Waals surface area (Å²) in [6.07, 6.45) is 4.00. The zero-order valence-corrected chi connectivity index (χ0v) is 10.3. The quantitative estimate of drug-likeness (QED) is 0.846. The van der Waals surface area contributed by atoms with Crippen LogP contribution in [0.5, 0.6) is 5.88 Å². The highest BCUT2D eigenvalue weighted by atomic mass is 16.5. The summed E-state index contributed by atoms with van der Waals surface area (Å²) in [6.45, 7) is 5.34. The van der Waals surface area contributed by atoms with Crippen molar-refractivity contribution >= 4 is 5.95 Å². The van der Waals surface area contributed by atoms with Gasteiger partial charge in [-0.3, -0.25) is 0 Å². The van der Waals surface area contributed by atoms with Crippen molar-refractivity contribution in [3.8, 4) is 5.88 Å². The zero-order chi connectivity index (χ0) is 12.1. The van der Waals surface area contributed by atoms with Crippen molar-refractivity contribution in [3.63, 3.8) is 0 Å². The van der Waals surface area contributed by atoms with Gasteiger partial charge >= 0.3 is 0 Å². The summed E-state index contributed by atoms with van der Waals surface area (Å²) < 4.78 is 5.38. The number of rotatable bonds is 4. The number of ether oxygens (including phenoxy) is 1. The maximum absolute atomic E-state index is 5.68. The second-order valence-corrected chi connectivity index (χ2v) is 4.29. The minimum Gasteiger partial charge on any atom is -0.478 e. The Kier molecular flexibility index (Phi) is 4.14. The molecule has 2 N–H and O–H groups in total. The smallest absolute Gasteiger partial charge is 0.228 e. The monoisotopic (exact) mass is 236 g/mol. The zero-order valence-electron chi connectivity index (χ0n) is 10.3. The molecule has 0 aliphatic carbocycles. The van der Waals surface area contributed by atoms with E-state index in [1.54, 1.807) is 12.3 Å². The first-order valence-corrected chi connectivity index (χ1v) is 6.24. The molecule has 0 radical (unpaired) electrons. The number of hydrogen-bond donors (Lipinski definition) is 1. The van der Waals surface area contributed by atoms with Gasteiger partial charge in [0.25, 0.3) is 0 Å². The van der Waals surface area contributed by atoms with E-state index < -0.39 is 0 Å². The summed E-state index contributed by atoms with van der Waals surface area (Å²) in [5.41, 5.74) is 5.68. The van der Waals surface area contributed by atoms with E-state index in [2.05, 4.69) is 14.9 Å². The third-order valence-electron chi connectivity index (χ3n) is 3.14. The summed E-state index contributed by atoms with van der Waals surface area (Å²) in [5, 5.41) is 0. The molecule has 17 heavy (non-hydrogen) atoms. The van der Waals surface area contributed by atoms with E-state index in [1.165, 1.54) is 0 Å². The fourth-order valence-electron chi connectivity index (χ4n) is 2.08. The molecule has 0 spiro atoms. The van der Waals surface area contributed by atoms with Crippen LogP contribution in [0.2, 0.25) is 0 Å². The average Bonchev–Trinajstić information content (AvgIpc) is 2.40. The van der Waals surface area contributed by atoms with Gasteiger partial charge in [0.2, 0.25) is 11.8 Å². The van der Waals surface area contributed by atoms with Crippen molar-refractivity contribution in [1.29, 1.82) is 0 Å². The summed E-state index contributed by atoms with van der Waals surface area (Å²) in [5.74, 6) is 2.08. The fourth-order valence-corrected chi connectivity index (χ4v) is 2.08. The third kappa shape index (κ3) is 3.06. The van der Waals surface area contributed by atoms with E-state index in [-0.39, 0.29) is 0 Å². The van der Waals surface area contributed by atoms with Crippen LogP contribution in [0.1, 0.15) is 19.8 Å². The number of anilines is 1. The molecule has 1 aromatic heterocycles. The van der Waals surface area contributed by atoms with E-state index in [0.717, 1.165) is 38.4 Å². The molecule has 0 atom stereocenters. The van der Waals surface area contributed by atoms with Crippen molar-refractivity contribution in [2.24, 2.45) is 11.7 Å². The van der Waals surface area contributed by atoms with Crippen LogP contribution in [0.25, 0.3) is 0 Å². The maximum atomic E-state index is 5.68. The Morgan fingerprint density at radius 3 is 2.88 bits per heavy atom. The van der Waals surface area contributed by atoms with Crippen LogP contribution in [-0.2, 0) is 0 Å². The molecule has 94 valence electrons. The van der Waals surface area contributed by atoms with Crippen LogP contribution in [-0.4, -0.2) is 36.2 Å². The molecule has 1 aliphatic rings. The van der Waals surface area contributed by atoms with Crippen molar-refractivity contribution in [3.05, 3.63) is 12.3 Å². The van der Waals surface area contributed by atoms with Gasteiger partial charge in [0, 0.05) is 25.4 Å². The van der Waals surface area contributed by atoms with Crippen LogP contribution >= 0.6 is 0 Å². The molecular formula is C12H20N4O. The fraction of sp³-hybridized carbons (Fsp3) is 0.667. The molecule has 0 saturated carbocycles. The lowest BCUT2D eigenvalue weighted by Crippen LogP contribution is -2.37. The summed E-state index contributed by atoms with van der Waals surface area (Å²) in [4.78, 5) is 10.9. The summed E-state index contributed by atoms with van der Waals surface area (Å²) in [7, 11) is 0. The van der Waals surface area contributed by atoms with Gasteiger partial charge in [-0.2, -0.15) is 4.98 Å². The SMILES string of the molecule is CCOc1ccnc(N2CCC(CN)CC2)n1. The Morgan fingerprint density at radius 2 is 2.24 bits per heavy atom. The maximum Gasteiger partial charge on any atom is 0.228 e. The molecular weight excluding hydrogens is 216 g/mol. The van der Waals surface area contributed by atoms with Gasteiger partial charge in [0.05, 0.1) is 6.61 Å². The first-order valence-electron chi connectivity index (χ1n) is 6.24. The van der Waals surface area contributed by atoms with E-state index in [4.69, 9.17) is 10.5 Å². The number of aromatic nitrogens is 2. The second kappa shape index (κ2) is 5.82. The molecule has 2 heterocycles. The van der Waals surface area contributed by atoms with Gasteiger partial charge in [-0.1, -0.05) is 0 Å². The second-order valence-electron chi connectivity index (χ2n) is 4.29. The van der Waals surface area contributed by atoms with Crippen molar-refractivity contribution < 1.29 is 4.74 Å². The van der Waals surface area contributed by atoms with Gasteiger partial charge in [0.1, 0.15) is 0 Å². The van der Waals surface area contributed by atoms with E-state index >= 15 is 0 Å². The molecule has 5 heteroatoms. The highest BCUT2D eigenvalue weighted by molar-refractivity contribution is 5.32. The molecule has 1 aromatic rings. The van der Waals surface area contributed by atoms with E-state index in [1.807, 2.05) is 6.92 Å². The first-order chi connectivity index (χ1) is 8.33. The Bertz CT molecular complexity index is 350. The number of piperidine rings is 1. The molecule has 0 bridgehead atoms. The lowest BCUT2D eigenvalue weighted by Gasteiger charge is -2.31. The Hall–Kier alpha value is -1.36. The molecule has 1 saturated heterocycles. The lowest BCUT2D eigenvalue weighted by atomic mass is 9.97. The molecule has 0 aromatic carbocycles. The predicted molar refractivity (Wildman–Crippen MR) is 67.2 cm³/mol. The van der Waals surface area contributed by atoms with Gasteiger partial charge in [-0.15, -0.1) is 0 Å². The van der Waals surface area contributed by atoms with Gasteiger partial charge < -0.3 is 15.4 Å². The minimum absolute atomic E-state index is 0.631. The van der Waals surface area contributed by atoms with Crippen LogP contribution in [0.3, 0.4) is 0 Å². The number of nitrogens with zero attached hydrogens (tertiary/aromatic N) is 3. The molecule has 1 aliphatic heterocycles. The van der Waals surface area contributed by atoms with Crippen molar-refractivity contribution in [2.75, 3.05) is 31.1 Å². The number of hydrogen-bond acceptors (Lipinski definition) is 5. The first kappa shape index (κ1) is 12.1. The van der Waals surface area contributed by atoms with Gasteiger partial charge in [-0.25, -0.2) is 4.98 Å².